The number of fused-ring (bicyclic) bond motifs is 2. The standard InChI is InChI=1S/C24H21N3O2/c1-16-26-22-8-6-19(13-23(22)29-16)18-3-2-4-21-7-5-20(15-27(21)24(28)14-18)17-9-11-25-12-10-17/h2-9,13-15,25H,10-12H2,1H3/b3-2?,18-14?,21-4+. The van der Waals surface area contributed by atoms with E-state index in [9.17, 15) is 4.79 Å². The van der Waals surface area contributed by atoms with Gasteiger partial charge in [-0.15, -0.1) is 0 Å². The lowest BCUT2D eigenvalue weighted by atomic mass is 9.97. The highest BCUT2D eigenvalue weighted by atomic mass is 16.3. The van der Waals surface area contributed by atoms with E-state index >= 15 is 0 Å². The highest BCUT2D eigenvalue weighted by molar-refractivity contribution is 6.00. The third kappa shape index (κ3) is 3.41. The molecule has 4 heterocycles. The molecule has 0 aliphatic carbocycles. The molecule has 1 amide bonds. The number of hydrogen-bond acceptors (Lipinski definition) is 4. The minimum atomic E-state index is -0.0687. The molecule has 29 heavy (non-hydrogen) atoms. The molecule has 5 heteroatoms. The highest BCUT2D eigenvalue weighted by Gasteiger charge is 2.20. The van der Waals surface area contributed by atoms with Gasteiger partial charge in [-0.05, 0) is 59.5 Å². The molecule has 0 bridgehead atoms. The molecular formula is C24H21N3O2. The number of aryl methyl sites for hydroxylation is 1. The highest BCUT2D eigenvalue weighted by Crippen LogP contribution is 2.28. The summed E-state index contributed by atoms with van der Waals surface area (Å²) in [5.41, 5.74) is 6.54. The fourth-order valence-corrected chi connectivity index (χ4v) is 3.81. The minimum Gasteiger partial charge on any atom is -0.441 e. The second-order valence-corrected chi connectivity index (χ2v) is 7.28. The maximum atomic E-state index is 13.1. The first-order chi connectivity index (χ1) is 14.2. The SMILES string of the molecule is Cc1nc2ccc(C3=CC(=O)N4C=C(C5=CCNCC5)C=C/C4=C\C=C3)cc2o1. The molecule has 144 valence electrons. The summed E-state index contributed by atoms with van der Waals surface area (Å²) in [6.07, 6.45) is 16.8. The fraction of sp³-hybridized carbons (Fsp3) is 0.167. The van der Waals surface area contributed by atoms with Crippen molar-refractivity contribution in [1.82, 2.24) is 15.2 Å². The van der Waals surface area contributed by atoms with Crippen LogP contribution in [0.15, 0.2) is 88.2 Å². The second-order valence-electron chi connectivity index (χ2n) is 7.28. The Balaban J connectivity index is 1.51. The van der Waals surface area contributed by atoms with Gasteiger partial charge in [-0.3, -0.25) is 9.69 Å². The summed E-state index contributed by atoms with van der Waals surface area (Å²) in [6.45, 7) is 3.66. The van der Waals surface area contributed by atoms with Crippen molar-refractivity contribution in [3.05, 3.63) is 95.2 Å². The van der Waals surface area contributed by atoms with Crippen molar-refractivity contribution in [2.75, 3.05) is 13.1 Å². The molecule has 0 atom stereocenters. The second kappa shape index (κ2) is 7.18. The Morgan fingerprint density at radius 2 is 2.10 bits per heavy atom. The van der Waals surface area contributed by atoms with Crippen molar-refractivity contribution in [1.29, 1.82) is 0 Å². The molecule has 3 aliphatic heterocycles. The van der Waals surface area contributed by atoms with E-state index in [1.807, 2.05) is 55.6 Å². The number of allylic oxidation sites excluding steroid dienone is 7. The summed E-state index contributed by atoms with van der Waals surface area (Å²) in [5, 5.41) is 3.32. The summed E-state index contributed by atoms with van der Waals surface area (Å²) in [5.74, 6) is 0.564. The van der Waals surface area contributed by atoms with E-state index in [0.29, 0.717) is 5.89 Å². The summed E-state index contributed by atoms with van der Waals surface area (Å²) in [4.78, 5) is 19.2. The Labute approximate surface area is 169 Å². The molecular weight excluding hydrogens is 362 g/mol. The van der Waals surface area contributed by atoms with Crippen LogP contribution in [0.25, 0.3) is 16.7 Å². The molecule has 1 N–H and O–H groups in total. The van der Waals surface area contributed by atoms with Gasteiger partial charge in [0, 0.05) is 31.4 Å². The van der Waals surface area contributed by atoms with Crippen LogP contribution in [0.4, 0.5) is 0 Å². The van der Waals surface area contributed by atoms with Gasteiger partial charge >= 0.3 is 0 Å². The zero-order valence-corrected chi connectivity index (χ0v) is 16.2. The Kier molecular flexibility index (Phi) is 4.37. The average Bonchev–Trinajstić information content (AvgIpc) is 3.11. The predicted octanol–water partition coefficient (Wildman–Crippen LogP) is 4.18. The summed E-state index contributed by atoms with van der Waals surface area (Å²) < 4.78 is 5.65. The molecule has 0 fully saturated rings. The van der Waals surface area contributed by atoms with Crippen LogP contribution in [0.5, 0.6) is 0 Å². The number of oxazole rings is 1. The van der Waals surface area contributed by atoms with Gasteiger partial charge in [0.05, 0.1) is 0 Å². The van der Waals surface area contributed by atoms with E-state index in [0.717, 1.165) is 53.0 Å². The smallest absolute Gasteiger partial charge is 0.255 e. The van der Waals surface area contributed by atoms with E-state index < -0.39 is 0 Å². The number of rotatable bonds is 2. The van der Waals surface area contributed by atoms with E-state index in [2.05, 4.69) is 22.5 Å². The molecule has 2 aromatic rings. The normalized spacial score (nSPS) is 21.0. The maximum absolute atomic E-state index is 13.1. The van der Waals surface area contributed by atoms with Gasteiger partial charge in [0.2, 0.25) is 0 Å². The third-order valence-electron chi connectivity index (χ3n) is 5.30. The van der Waals surface area contributed by atoms with Crippen LogP contribution >= 0.6 is 0 Å². The molecule has 0 saturated carbocycles. The van der Waals surface area contributed by atoms with Gasteiger partial charge < -0.3 is 9.73 Å². The Morgan fingerprint density at radius 1 is 1.17 bits per heavy atom. The zero-order chi connectivity index (χ0) is 19.8. The predicted molar refractivity (Wildman–Crippen MR) is 114 cm³/mol. The van der Waals surface area contributed by atoms with Crippen LogP contribution in [0.3, 0.4) is 0 Å². The summed E-state index contributed by atoms with van der Waals surface area (Å²) in [7, 11) is 0. The average molecular weight is 383 g/mol. The molecule has 3 aliphatic rings. The zero-order valence-electron chi connectivity index (χ0n) is 16.2. The molecule has 5 nitrogen and oxygen atoms in total. The van der Waals surface area contributed by atoms with Crippen molar-refractivity contribution in [2.24, 2.45) is 0 Å². The van der Waals surface area contributed by atoms with Gasteiger partial charge in [-0.1, -0.05) is 30.4 Å². The van der Waals surface area contributed by atoms with Gasteiger partial charge in [0.1, 0.15) is 5.52 Å². The molecule has 1 aromatic heterocycles. The Morgan fingerprint density at radius 3 is 2.97 bits per heavy atom. The lowest BCUT2D eigenvalue weighted by Gasteiger charge is -2.26. The van der Waals surface area contributed by atoms with Crippen LogP contribution < -0.4 is 5.32 Å². The van der Waals surface area contributed by atoms with Crippen LogP contribution in [-0.2, 0) is 4.79 Å². The fourth-order valence-electron chi connectivity index (χ4n) is 3.81. The molecule has 1 aromatic carbocycles. The number of aromatic nitrogens is 1. The van der Waals surface area contributed by atoms with Crippen LogP contribution in [-0.4, -0.2) is 28.9 Å². The van der Waals surface area contributed by atoms with Gasteiger partial charge in [0.25, 0.3) is 5.91 Å². The lowest BCUT2D eigenvalue weighted by molar-refractivity contribution is -0.122. The molecule has 0 saturated heterocycles. The quantitative estimate of drug-likeness (QED) is 0.845. The van der Waals surface area contributed by atoms with Crippen LogP contribution in [0.1, 0.15) is 17.9 Å². The minimum absolute atomic E-state index is 0.0687. The first kappa shape index (κ1) is 17.6. The van der Waals surface area contributed by atoms with Crippen molar-refractivity contribution < 1.29 is 9.21 Å². The Hall–Kier alpha value is -3.44. The topological polar surface area (TPSA) is 58.4 Å². The van der Waals surface area contributed by atoms with Crippen molar-refractivity contribution in [3.63, 3.8) is 0 Å². The van der Waals surface area contributed by atoms with Crippen LogP contribution in [0.2, 0.25) is 0 Å². The van der Waals surface area contributed by atoms with Gasteiger partial charge in [0.15, 0.2) is 11.5 Å². The first-order valence-electron chi connectivity index (χ1n) is 9.78. The number of benzene rings is 1. The van der Waals surface area contributed by atoms with Crippen LogP contribution in [0, 0.1) is 6.92 Å². The summed E-state index contributed by atoms with van der Waals surface area (Å²) >= 11 is 0. The third-order valence-corrected chi connectivity index (χ3v) is 5.30. The summed E-state index contributed by atoms with van der Waals surface area (Å²) in [6, 6.07) is 5.82. The number of carbonyl (C=O) groups excluding carboxylic acids is 1. The first-order valence-corrected chi connectivity index (χ1v) is 9.78. The number of hydrogen-bond donors (Lipinski definition) is 1. The lowest BCUT2D eigenvalue weighted by Crippen LogP contribution is -2.27. The van der Waals surface area contributed by atoms with E-state index in [4.69, 9.17) is 4.42 Å². The van der Waals surface area contributed by atoms with E-state index in [-0.39, 0.29) is 5.91 Å². The molecule has 0 radical (unpaired) electrons. The molecule has 0 unspecified atom stereocenters. The van der Waals surface area contributed by atoms with Crippen molar-refractivity contribution in [3.8, 4) is 0 Å². The maximum Gasteiger partial charge on any atom is 0.255 e. The molecule has 0 spiro atoms. The Bertz CT molecular complexity index is 1190. The largest absolute Gasteiger partial charge is 0.441 e. The van der Waals surface area contributed by atoms with E-state index in [1.165, 1.54) is 5.57 Å². The van der Waals surface area contributed by atoms with Crippen molar-refractivity contribution >= 4 is 22.6 Å². The van der Waals surface area contributed by atoms with Gasteiger partial charge in [-0.2, -0.15) is 0 Å². The monoisotopic (exact) mass is 383 g/mol. The van der Waals surface area contributed by atoms with E-state index in [1.54, 1.807) is 11.0 Å². The molecule has 5 rings (SSSR count). The van der Waals surface area contributed by atoms with Crippen molar-refractivity contribution in [2.45, 2.75) is 13.3 Å². The number of amides is 1. The number of nitrogens with zero attached hydrogens (tertiary/aromatic N) is 2. The van der Waals surface area contributed by atoms with Gasteiger partial charge in [-0.25, -0.2) is 4.98 Å². The number of carbonyl (C=O) groups is 1. The number of nitrogens with one attached hydrogen (secondary N) is 1.